The van der Waals surface area contributed by atoms with Gasteiger partial charge in [0.2, 0.25) is 0 Å². The minimum absolute atomic E-state index is 0.502. The van der Waals surface area contributed by atoms with Gasteiger partial charge in [0.05, 0.1) is 0 Å². The van der Waals surface area contributed by atoms with Crippen LogP contribution in [0.4, 0.5) is 5.69 Å². The van der Waals surface area contributed by atoms with E-state index in [1.807, 2.05) is 12.1 Å². The van der Waals surface area contributed by atoms with Gasteiger partial charge < -0.3 is 16.0 Å². The quantitative estimate of drug-likeness (QED) is 0.640. The molecule has 110 valence electrons. The van der Waals surface area contributed by atoms with Crippen molar-refractivity contribution in [3.05, 3.63) is 29.8 Å². The lowest BCUT2D eigenvalue weighted by Gasteiger charge is -2.18. The molecule has 1 unspecified atom stereocenters. The first-order valence-corrected chi connectivity index (χ1v) is 7.49. The van der Waals surface area contributed by atoms with Crippen LogP contribution in [0.15, 0.2) is 29.3 Å². The van der Waals surface area contributed by atoms with E-state index in [2.05, 4.69) is 41.2 Å². The molecule has 1 aromatic rings. The molecule has 1 aromatic carbocycles. The van der Waals surface area contributed by atoms with Crippen LogP contribution in [0.1, 0.15) is 25.3 Å². The number of nitrogens with one attached hydrogen (secondary N) is 1. The molecule has 1 heterocycles. The predicted molar refractivity (Wildman–Crippen MR) is 86.1 cm³/mol. The maximum Gasteiger partial charge on any atom is 0.193 e. The molecule has 0 aromatic heterocycles. The Bertz CT molecular complexity index is 432. The van der Waals surface area contributed by atoms with Crippen LogP contribution >= 0.6 is 0 Å². The van der Waals surface area contributed by atoms with Gasteiger partial charge in [-0.2, -0.15) is 0 Å². The molecule has 0 spiro atoms. The highest BCUT2D eigenvalue weighted by Crippen LogP contribution is 2.11. The van der Waals surface area contributed by atoms with E-state index in [-0.39, 0.29) is 0 Å². The SMILES string of the molecule is Cc1ccc(NC(N)=NCC(C)CN2CCCC2)cc1. The molecule has 2 rings (SSSR count). The molecule has 0 saturated carbocycles. The van der Waals surface area contributed by atoms with Crippen LogP contribution in [0.3, 0.4) is 0 Å². The van der Waals surface area contributed by atoms with Gasteiger partial charge in [-0.15, -0.1) is 0 Å². The number of guanidine groups is 1. The average molecular weight is 274 g/mol. The Morgan fingerprint density at radius 2 is 1.95 bits per heavy atom. The van der Waals surface area contributed by atoms with Crippen LogP contribution in [-0.2, 0) is 0 Å². The summed E-state index contributed by atoms with van der Waals surface area (Å²) < 4.78 is 0. The average Bonchev–Trinajstić information content (AvgIpc) is 2.92. The second-order valence-electron chi connectivity index (χ2n) is 5.83. The summed E-state index contributed by atoms with van der Waals surface area (Å²) in [4.78, 5) is 6.96. The van der Waals surface area contributed by atoms with Crippen molar-refractivity contribution in [2.75, 3.05) is 31.5 Å². The summed E-state index contributed by atoms with van der Waals surface area (Å²) in [7, 11) is 0. The molecule has 1 saturated heterocycles. The van der Waals surface area contributed by atoms with E-state index >= 15 is 0 Å². The van der Waals surface area contributed by atoms with Crippen LogP contribution in [0.25, 0.3) is 0 Å². The molecule has 4 heteroatoms. The van der Waals surface area contributed by atoms with Crippen LogP contribution in [0, 0.1) is 12.8 Å². The van der Waals surface area contributed by atoms with Gasteiger partial charge in [0.25, 0.3) is 0 Å². The largest absolute Gasteiger partial charge is 0.370 e. The van der Waals surface area contributed by atoms with E-state index in [4.69, 9.17) is 5.73 Å². The van der Waals surface area contributed by atoms with E-state index in [1.54, 1.807) is 0 Å². The molecule has 0 bridgehead atoms. The fourth-order valence-corrected chi connectivity index (χ4v) is 2.54. The van der Waals surface area contributed by atoms with E-state index in [0.717, 1.165) is 18.8 Å². The third-order valence-electron chi connectivity index (χ3n) is 3.67. The third-order valence-corrected chi connectivity index (χ3v) is 3.67. The fourth-order valence-electron chi connectivity index (χ4n) is 2.54. The normalized spacial score (nSPS) is 18.2. The molecule has 1 fully saturated rings. The number of nitrogens with two attached hydrogens (primary N) is 1. The van der Waals surface area contributed by atoms with Crippen molar-refractivity contribution in [3.63, 3.8) is 0 Å². The van der Waals surface area contributed by atoms with Crippen LogP contribution < -0.4 is 11.1 Å². The van der Waals surface area contributed by atoms with Crippen LogP contribution in [-0.4, -0.2) is 37.0 Å². The summed E-state index contributed by atoms with van der Waals surface area (Å²) >= 11 is 0. The first kappa shape index (κ1) is 14.9. The Labute approximate surface area is 122 Å². The molecule has 4 nitrogen and oxygen atoms in total. The Morgan fingerprint density at radius 3 is 2.60 bits per heavy atom. The summed E-state index contributed by atoms with van der Waals surface area (Å²) in [5.74, 6) is 1.05. The molecule has 0 aliphatic carbocycles. The molecule has 1 aliphatic rings. The Balaban J connectivity index is 1.76. The molecule has 0 radical (unpaired) electrons. The highest BCUT2D eigenvalue weighted by Gasteiger charge is 2.14. The second kappa shape index (κ2) is 7.29. The summed E-state index contributed by atoms with van der Waals surface area (Å²) in [5.41, 5.74) is 8.16. The van der Waals surface area contributed by atoms with E-state index in [9.17, 15) is 0 Å². The number of aliphatic imine (C=N–C) groups is 1. The number of likely N-dealkylation sites (tertiary alicyclic amines) is 1. The van der Waals surface area contributed by atoms with Crippen LogP contribution in [0.2, 0.25) is 0 Å². The van der Waals surface area contributed by atoms with Gasteiger partial charge in [-0.25, -0.2) is 0 Å². The summed E-state index contributed by atoms with van der Waals surface area (Å²) in [6, 6.07) is 8.16. The molecule has 1 aliphatic heterocycles. The number of hydrogen-bond donors (Lipinski definition) is 2. The first-order valence-electron chi connectivity index (χ1n) is 7.49. The number of benzene rings is 1. The third kappa shape index (κ3) is 4.85. The zero-order valence-electron chi connectivity index (χ0n) is 12.6. The fraction of sp³-hybridized carbons (Fsp3) is 0.562. The van der Waals surface area contributed by atoms with Gasteiger partial charge in [-0.1, -0.05) is 24.6 Å². The predicted octanol–water partition coefficient (Wildman–Crippen LogP) is 2.45. The number of nitrogens with zero attached hydrogens (tertiary/aromatic N) is 2. The lowest BCUT2D eigenvalue weighted by molar-refractivity contribution is 0.292. The minimum atomic E-state index is 0.502. The standard InChI is InChI=1S/C16H26N4/c1-13-5-7-15(8-6-13)19-16(17)18-11-14(2)12-20-9-3-4-10-20/h5-8,14H,3-4,9-12H2,1-2H3,(H3,17,18,19). The lowest BCUT2D eigenvalue weighted by atomic mass is 10.2. The van der Waals surface area contributed by atoms with E-state index in [1.165, 1.54) is 31.5 Å². The number of hydrogen-bond acceptors (Lipinski definition) is 2. The molecular formula is C16H26N4. The zero-order valence-corrected chi connectivity index (χ0v) is 12.6. The van der Waals surface area contributed by atoms with Gasteiger partial charge in [-0.05, 0) is 50.9 Å². The van der Waals surface area contributed by atoms with Gasteiger partial charge >= 0.3 is 0 Å². The van der Waals surface area contributed by atoms with Gasteiger partial charge in [0, 0.05) is 18.8 Å². The zero-order chi connectivity index (χ0) is 14.4. The summed E-state index contributed by atoms with van der Waals surface area (Å²) in [6.07, 6.45) is 2.68. The molecule has 3 N–H and O–H groups in total. The second-order valence-corrected chi connectivity index (χ2v) is 5.83. The smallest absolute Gasteiger partial charge is 0.193 e. The minimum Gasteiger partial charge on any atom is -0.370 e. The van der Waals surface area contributed by atoms with Crippen molar-refractivity contribution >= 4 is 11.6 Å². The Hall–Kier alpha value is -1.55. The van der Waals surface area contributed by atoms with Crippen molar-refractivity contribution in [2.24, 2.45) is 16.6 Å². The molecule has 0 amide bonds. The maximum atomic E-state index is 5.93. The summed E-state index contributed by atoms with van der Waals surface area (Å²) in [6.45, 7) is 8.70. The van der Waals surface area contributed by atoms with E-state index < -0.39 is 0 Å². The first-order chi connectivity index (χ1) is 9.63. The molecule has 1 atom stereocenters. The number of aryl methyl sites for hydroxylation is 1. The Kier molecular flexibility index (Phi) is 5.41. The van der Waals surface area contributed by atoms with Crippen molar-refractivity contribution in [3.8, 4) is 0 Å². The highest BCUT2D eigenvalue weighted by molar-refractivity contribution is 5.92. The van der Waals surface area contributed by atoms with Crippen molar-refractivity contribution in [2.45, 2.75) is 26.7 Å². The van der Waals surface area contributed by atoms with Gasteiger partial charge in [-0.3, -0.25) is 4.99 Å². The van der Waals surface area contributed by atoms with Crippen LogP contribution in [0.5, 0.6) is 0 Å². The monoisotopic (exact) mass is 274 g/mol. The van der Waals surface area contributed by atoms with Gasteiger partial charge in [0.15, 0.2) is 5.96 Å². The number of rotatable bonds is 5. The van der Waals surface area contributed by atoms with E-state index in [0.29, 0.717) is 11.9 Å². The molecule has 20 heavy (non-hydrogen) atoms. The Morgan fingerprint density at radius 1 is 1.30 bits per heavy atom. The summed E-state index contributed by atoms with van der Waals surface area (Å²) in [5, 5.41) is 3.13. The maximum absolute atomic E-state index is 5.93. The van der Waals surface area contributed by atoms with Crippen molar-refractivity contribution in [1.82, 2.24) is 4.90 Å². The topological polar surface area (TPSA) is 53.6 Å². The highest BCUT2D eigenvalue weighted by atomic mass is 15.1. The van der Waals surface area contributed by atoms with Crippen molar-refractivity contribution in [1.29, 1.82) is 0 Å². The lowest BCUT2D eigenvalue weighted by Crippen LogP contribution is -2.28. The molecular weight excluding hydrogens is 248 g/mol. The van der Waals surface area contributed by atoms with Gasteiger partial charge in [0.1, 0.15) is 0 Å². The van der Waals surface area contributed by atoms with Crippen molar-refractivity contribution < 1.29 is 0 Å². The number of anilines is 1.